The van der Waals surface area contributed by atoms with Crippen molar-refractivity contribution in [1.82, 2.24) is 15.2 Å². The Labute approximate surface area is 108 Å². The molecule has 1 fully saturated rings. The largest absolute Gasteiger partial charge is 0.317 e. The molecular formula is C11H20ClN3S. The molecule has 0 bridgehead atoms. The van der Waals surface area contributed by atoms with E-state index in [4.69, 9.17) is 0 Å². The smallest absolute Gasteiger partial charge is 0.107 e. The van der Waals surface area contributed by atoms with Gasteiger partial charge in [0.05, 0.1) is 6.54 Å². The minimum atomic E-state index is 0. The highest BCUT2D eigenvalue weighted by atomic mass is 35.5. The fraction of sp³-hybridized carbons (Fsp3) is 0.727. The van der Waals surface area contributed by atoms with E-state index in [1.807, 2.05) is 0 Å². The van der Waals surface area contributed by atoms with E-state index < -0.39 is 0 Å². The summed E-state index contributed by atoms with van der Waals surface area (Å²) in [6.45, 7) is 5.38. The van der Waals surface area contributed by atoms with Crippen molar-refractivity contribution in [3.63, 3.8) is 0 Å². The molecule has 2 heterocycles. The van der Waals surface area contributed by atoms with Crippen LogP contribution < -0.4 is 5.32 Å². The van der Waals surface area contributed by atoms with Gasteiger partial charge in [0.1, 0.15) is 5.01 Å². The summed E-state index contributed by atoms with van der Waals surface area (Å²) < 4.78 is 0. The third kappa shape index (κ3) is 3.70. The summed E-state index contributed by atoms with van der Waals surface area (Å²) in [5, 5.41) is 6.77. The molecule has 0 spiro atoms. The molecule has 1 aromatic heterocycles. The molecule has 0 aromatic carbocycles. The van der Waals surface area contributed by atoms with Crippen LogP contribution in [0.25, 0.3) is 0 Å². The first kappa shape index (κ1) is 13.9. The third-order valence-electron chi connectivity index (χ3n) is 2.98. The summed E-state index contributed by atoms with van der Waals surface area (Å²) in [7, 11) is 2.22. The van der Waals surface area contributed by atoms with E-state index in [9.17, 15) is 0 Å². The van der Waals surface area contributed by atoms with Crippen LogP contribution >= 0.6 is 23.7 Å². The number of hydrogen-bond donors (Lipinski definition) is 1. The number of nitrogens with one attached hydrogen (secondary N) is 1. The molecule has 3 nitrogen and oxygen atoms in total. The van der Waals surface area contributed by atoms with Crippen molar-refractivity contribution in [2.24, 2.45) is 0 Å². The third-order valence-corrected chi connectivity index (χ3v) is 3.93. The van der Waals surface area contributed by atoms with E-state index >= 15 is 0 Å². The number of halogens is 1. The SMILES string of the molecule is Cc1csc(CN(C)C2CCNCC2)n1.Cl. The zero-order valence-electron chi connectivity index (χ0n) is 9.90. The minimum Gasteiger partial charge on any atom is -0.317 e. The Balaban J connectivity index is 0.00000128. The van der Waals surface area contributed by atoms with Gasteiger partial charge in [-0.15, -0.1) is 23.7 Å². The Bertz CT molecular complexity index is 310. The summed E-state index contributed by atoms with van der Waals surface area (Å²) in [5.74, 6) is 0. The average Bonchev–Trinajstić information content (AvgIpc) is 2.65. The van der Waals surface area contributed by atoms with Gasteiger partial charge in [0, 0.05) is 17.1 Å². The highest BCUT2D eigenvalue weighted by Gasteiger charge is 2.18. The van der Waals surface area contributed by atoms with Gasteiger partial charge in [0.15, 0.2) is 0 Å². The maximum absolute atomic E-state index is 4.51. The fourth-order valence-electron chi connectivity index (χ4n) is 2.07. The lowest BCUT2D eigenvalue weighted by molar-refractivity contribution is 0.191. The highest BCUT2D eigenvalue weighted by Crippen LogP contribution is 2.16. The van der Waals surface area contributed by atoms with Crippen molar-refractivity contribution >= 4 is 23.7 Å². The number of nitrogens with zero attached hydrogens (tertiary/aromatic N) is 2. The zero-order chi connectivity index (χ0) is 10.7. The first-order valence-corrected chi connectivity index (χ1v) is 6.45. The van der Waals surface area contributed by atoms with E-state index in [0.717, 1.165) is 31.4 Å². The van der Waals surface area contributed by atoms with Crippen LogP contribution in [0.3, 0.4) is 0 Å². The summed E-state index contributed by atoms with van der Waals surface area (Å²) in [6.07, 6.45) is 2.53. The lowest BCUT2D eigenvalue weighted by Gasteiger charge is -2.30. The minimum absolute atomic E-state index is 0. The average molecular weight is 262 g/mol. The molecule has 5 heteroatoms. The molecule has 0 amide bonds. The van der Waals surface area contributed by atoms with Crippen LogP contribution in [-0.4, -0.2) is 36.1 Å². The molecule has 0 saturated carbocycles. The molecule has 92 valence electrons. The van der Waals surface area contributed by atoms with Crippen molar-refractivity contribution in [2.45, 2.75) is 32.4 Å². The van der Waals surface area contributed by atoms with Crippen LogP contribution in [-0.2, 0) is 6.54 Å². The van der Waals surface area contributed by atoms with Crippen molar-refractivity contribution in [3.05, 3.63) is 16.1 Å². The number of piperidine rings is 1. The van der Waals surface area contributed by atoms with Crippen LogP contribution in [0, 0.1) is 6.92 Å². The predicted molar refractivity (Wildman–Crippen MR) is 71.5 cm³/mol. The number of aromatic nitrogens is 1. The number of thiazole rings is 1. The van der Waals surface area contributed by atoms with Crippen molar-refractivity contribution in [3.8, 4) is 0 Å². The van der Waals surface area contributed by atoms with Crippen LogP contribution in [0.2, 0.25) is 0 Å². The van der Waals surface area contributed by atoms with Gasteiger partial charge in [-0.3, -0.25) is 4.90 Å². The molecule has 1 aliphatic rings. The van der Waals surface area contributed by atoms with Crippen molar-refractivity contribution < 1.29 is 0 Å². The highest BCUT2D eigenvalue weighted by molar-refractivity contribution is 7.09. The normalized spacial score (nSPS) is 17.4. The summed E-state index contributed by atoms with van der Waals surface area (Å²) in [5.41, 5.74) is 1.15. The maximum Gasteiger partial charge on any atom is 0.107 e. The molecule has 0 radical (unpaired) electrons. The summed E-state index contributed by atoms with van der Waals surface area (Å²) >= 11 is 1.77. The molecular weight excluding hydrogens is 242 g/mol. The first-order chi connectivity index (χ1) is 7.25. The van der Waals surface area contributed by atoms with Gasteiger partial charge in [-0.25, -0.2) is 4.98 Å². The van der Waals surface area contributed by atoms with Gasteiger partial charge >= 0.3 is 0 Å². The second-order valence-electron chi connectivity index (χ2n) is 4.28. The van der Waals surface area contributed by atoms with Gasteiger partial charge in [-0.2, -0.15) is 0 Å². The molecule has 1 saturated heterocycles. The standard InChI is InChI=1S/C11H19N3S.ClH/c1-9-8-15-11(13-9)7-14(2)10-3-5-12-6-4-10;/h8,10,12H,3-7H2,1-2H3;1H. The molecule has 0 atom stereocenters. The Morgan fingerprint density at radius 1 is 1.50 bits per heavy atom. The fourth-order valence-corrected chi connectivity index (χ4v) is 2.90. The number of hydrogen-bond acceptors (Lipinski definition) is 4. The van der Waals surface area contributed by atoms with E-state index in [-0.39, 0.29) is 12.4 Å². The van der Waals surface area contributed by atoms with Gasteiger partial charge in [-0.1, -0.05) is 0 Å². The van der Waals surface area contributed by atoms with Crippen LogP contribution in [0.15, 0.2) is 5.38 Å². The Kier molecular flexibility index (Phi) is 5.69. The van der Waals surface area contributed by atoms with E-state index in [2.05, 4.69) is 34.6 Å². The molecule has 1 aliphatic heterocycles. The van der Waals surface area contributed by atoms with E-state index in [1.54, 1.807) is 11.3 Å². The van der Waals surface area contributed by atoms with Crippen LogP contribution in [0.1, 0.15) is 23.5 Å². The van der Waals surface area contributed by atoms with Gasteiger partial charge < -0.3 is 5.32 Å². The van der Waals surface area contributed by atoms with Crippen LogP contribution in [0.4, 0.5) is 0 Å². The lowest BCUT2D eigenvalue weighted by Crippen LogP contribution is -2.40. The molecule has 2 rings (SSSR count). The zero-order valence-corrected chi connectivity index (χ0v) is 11.5. The second-order valence-corrected chi connectivity index (χ2v) is 5.22. The van der Waals surface area contributed by atoms with E-state index in [1.165, 1.54) is 17.8 Å². The van der Waals surface area contributed by atoms with Crippen molar-refractivity contribution in [1.29, 1.82) is 0 Å². The van der Waals surface area contributed by atoms with Crippen molar-refractivity contribution in [2.75, 3.05) is 20.1 Å². The van der Waals surface area contributed by atoms with Gasteiger partial charge in [-0.05, 0) is 39.9 Å². The maximum atomic E-state index is 4.51. The number of rotatable bonds is 3. The molecule has 1 aromatic rings. The Hall–Kier alpha value is -0.160. The summed E-state index contributed by atoms with van der Waals surface area (Å²) in [4.78, 5) is 6.95. The topological polar surface area (TPSA) is 28.2 Å². The van der Waals surface area contributed by atoms with E-state index in [0.29, 0.717) is 0 Å². The Morgan fingerprint density at radius 2 is 2.19 bits per heavy atom. The molecule has 16 heavy (non-hydrogen) atoms. The van der Waals surface area contributed by atoms with Gasteiger partial charge in [0.25, 0.3) is 0 Å². The Morgan fingerprint density at radius 3 is 2.75 bits per heavy atom. The molecule has 0 unspecified atom stereocenters. The summed E-state index contributed by atoms with van der Waals surface area (Å²) in [6, 6.07) is 0.732. The first-order valence-electron chi connectivity index (χ1n) is 5.57. The van der Waals surface area contributed by atoms with Gasteiger partial charge in [0.2, 0.25) is 0 Å². The number of aryl methyl sites for hydroxylation is 1. The lowest BCUT2D eigenvalue weighted by atomic mass is 10.1. The monoisotopic (exact) mass is 261 g/mol. The molecule has 0 aliphatic carbocycles. The quantitative estimate of drug-likeness (QED) is 0.903. The molecule has 1 N–H and O–H groups in total. The van der Waals surface area contributed by atoms with Crippen LogP contribution in [0.5, 0.6) is 0 Å². The second kappa shape index (κ2) is 6.55. The predicted octanol–water partition coefficient (Wildman–Crippen LogP) is 2.06.